The van der Waals surface area contributed by atoms with Crippen molar-refractivity contribution >= 4 is 0 Å². The number of aryl methyl sites for hydroxylation is 1. The number of hydrogen-bond acceptors (Lipinski definition) is 2. The minimum Gasteiger partial charge on any atom is -0.318 e. The molecular formula is C17H27N3. The summed E-state index contributed by atoms with van der Waals surface area (Å²) >= 11 is 0. The molecule has 4 fully saturated rings. The lowest BCUT2D eigenvalue weighted by Crippen LogP contribution is -2.49. The number of hydrogen-bond donors (Lipinski definition) is 1. The SMILES string of the molecule is CNCC(C1C2CC3CC(C2)CC1C3)n1cc(C)cn1. The van der Waals surface area contributed by atoms with Gasteiger partial charge in [-0.05, 0) is 81.2 Å². The van der Waals surface area contributed by atoms with Crippen molar-refractivity contribution in [1.29, 1.82) is 0 Å². The fourth-order valence-corrected chi connectivity index (χ4v) is 5.83. The molecule has 20 heavy (non-hydrogen) atoms. The first-order chi connectivity index (χ1) is 9.74. The topological polar surface area (TPSA) is 29.9 Å². The quantitative estimate of drug-likeness (QED) is 0.914. The van der Waals surface area contributed by atoms with E-state index in [1.807, 2.05) is 6.20 Å². The third kappa shape index (κ3) is 2.02. The number of nitrogens with one attached hydrogen (secondary N) is 1. The van der Waals surface area contributed by atoms with Crippen LogP contribution in [-0.2, 0) is 0 Å². The van der Waals surface area contributed by atoms with Crippen LogP contribution in [0.15, 0.2) is 12.4 Å². The predicted molar refractivity (Wildman–Crippen MR) is 80.5 cm³/mol. The molecule has 3 heteroatoms. The van der Waals surface area contributed by atoms with Gasteiger partial charge in [0.05, 0.1) is 12.2 Å². The Morgan fingerprint density at radius 2 is 1.85 bits per heavy atom. The van der Waals surface area contributed by atoms with E-state index in [0.29, 0.717) is 6.04 Å². The first-order valence-electron chi connectivity index (χ1n) is 8.40. The van der Waals surface area contributed by atoms with Gasteiger partial charge in [-0.25, -0.2) is 0 Å². The van der Waals surface area contributed by atoms with E-state index in [9.17, 15) is 0 Å². The van der Waals surface area contributed by atoms with E-state index >= 15 is 0 Å². The number of likely N-dealkylation sites (N-methyl/N-ethyl adjacent to an activating group) is 1. The van der Waals surface area contributed by atoms with Crippen LogP contribution in [0.1, 0.15) is 43.7 Å². The Balaban J connectivity index is 1.63. The third-order valence-electron chi connectivity index (χ3n) is 6.23. The van der Waals surface area contributed by atoms with Crippen LogP contribution < -0.4 is 5.32 Å². The Hall–Kier alpha value is -0.830. The minimum absolute atomic E-state index is 0.559. The summed E-state index contributed by atoms with van der Waals surface area (Å²) in [6.07, 6.45) is 11.8. The zero-order chi connectivity index (χ0) is 13.7. The summed E-state index contributed by atoms with van der Waals surface area (Å²) in [6.45, 7) is 3.21. The molecule has 4 aliphatic carbocycles. The van der Waals surface area contributed by atoms with Crippen LogP contribution in [0.3, 0.4) is 0 Å². The second-order valence-corrected chi connectivity index (χ2v) is 7.63. The van der Waals surface area contributed by atoms with Crippen LogP contribution in [0.4, 0.5) is 0 Å². The van der Waals surface area contributed by atoms with Gasteiger partial charge in [0.1, 0.15) is 0 Å². The van der Waals surface area contributed by atoms with Gasteiger partial charge < -0.3 is 5.32 Å². The Bertz CT molecular complexity index is 450. The molecule has 4 aliphatic rings. The van der Waals surface area contributed by atoms with Gasteiger partial charge in [0.15, 0.2) is 0 Å². The molecule has 1 N–H and O–H groups in total. The van der Waals surface area contributed by atoms with Gasteiger partial charge in [-0.1, -0.05) is 0 Å². The van der Waals surface area contributed by atoms with Crippen LogP contribution in [-0.4, -0.2) is 23.4 Å². The maximum atomic E-state index is 4.64. The Morgan fingerprint density at radius 1 is 1.20 bits per heavy atom. The van der Waals surface area contributed by atoms with Crippen molar-refractivity contribution in [3.05, 3.63) is 18.0 Å². The average Bonchev–Trinajstić information content (AvgIpc) is 2.83. The van der Waals surface area contributed by atoms with Crippen LogP contribution in [0.2, 0.25) is 0 Å². The summed E-state index contributed by atoms with van der Waals surface area (Å²) in [5.41, 5.74) is 1.29. The zero-order valence-corrected chi connectivity index (χ0v) is 12.8. The summed E-state index contributed by atoms with van der Waals surface area (Å²) in [5.74, 6) is 4.91. The number of aromatic nitrogens is 2. The van der Waals surface area contributed by atoms with Crippen LogP contribution >= 0.6 is 0 Å². The van der Waals surface area contributed by atoms with Crippen molar-refractivity contribution in [2.45, 2.75) is 45.1 Å². The molecule has 0 saturated heterocycles. The highest BCUT2D eigenvalue weighted by atomic mass is 15.3. The van der Waals surface area contributed by atoms with E-state index in [1.54, 1.807) is 0 Å². The smallest absolute Gasteiger partial charge is 0.0676 e. The molecule has 4 bridgehead atoms. The van der Waals surface area contributed by atoms with Gasteiger partial charge in [0.25, 0.3) is 0 Å². The molecule has 110 valence electrons. The molecule has 1 atom stereocenters. The van der Waals surface area contributed by atoms with Gasteiger partial charge >= 0.3 is 0 Å². The van der Waals surface area contributed by atoms with Crippen LogP contribution in [0, 0.1) is 36.5 Å². The number of nitrogens with zero attached hydrogens (tertiary/aromatic N) is 2. The number of rotatable bonds is 4. The normalized spacial score (nSPS) is 40.2. The van der Waals surface area contributed by atoms with Gasteiger partial charge in [-0.3, -0.25) is 4.68 Å². The molecule has 4 saturated carbocycles. The maximum Gasteiger partial charge on any atom is 0.0676 e. The summed E-state index contributed by atoms with van der Waals surface area (Å²) in [4.78, 5) is 0. The van der Waals surface area contributed by atoms with Crippen LogP contribution in [0.25, 0.3) is 0 Å². The molecule has 1 heterocycles. The van der Waals surface area contributed by atoms with Crippen molar-refractivity contribution in [1.82, 2.24) is 15.1 Å². The molecule has 1 aromatic rings. The van der Waals surface area contributed by atoms with Crippen molar-refractivity contribution in [2.24, 2.45) is 29.6 Å². The summed E-state index contributed by atoms with van der Waals surface area (Å²) in [7, 11) is 2.08. The molecule has 1 unspecified atom stereocenters. The fourth-order valence-electron chi connectivity index (χ4n) is 5.83. The Kier molecular flexibility index (Phi) is 3.13. The molecular weight excluding hydrogens is 246 g/mol. The second-order valence-electron chi connectivity index (χ2n) is 7.63. The summed E-state index contributed by atoms with van der Waals surface area (Å²) in [5, 5.41) is 8.07. The average molecular weight is 273 g/mol. The molecule has 0 aliphatic heterocycles. The largest absolute Gasteiger partial charge is 0.318 e. The standard InChI is InChI=1S/C17H27N3/c1-11-8-19-20(10-11)16(9-18-2)17-14-4-12-3-13(6-14)7-15(17)5-12/h8,10,12-18H,3-7,9H2,1-2H3. The van der Waals surface area contributed by atoms with Crippen molar-refractivity contribution in [3.63, 3.8) is 0 Å². The first-order valence-corrected chi connectivity index (χ1v) is 8.40. The highest BCUT2D eigenvalue weighted by molar-refractivity contribution is 5.05. The first kappa shape index (κ1) is 12.9. The molecule has 0 aromatic carbocycles. The summed E-state index contributed by atoms with van der Waals surface area (Å²) in [6, 6.07) is 0.559. The Labute approximate surface area is 122 Å². The monoisotopic (exact) mass is 273 g/mol. The third-order valence-corrected chi connectivity index (χ3v) is 6.23. The van der Waals surface area contributed by atoms with E-state index in [1.165, 1.54) is 37.7 Å². The van der Waals surface area contributed by atoms with Gasteiger partial charge in [-0.15, -0.1) is 0 Å². The highest BCUT2D eigenvalue weighted by Crippen LogP contribution is 2.58. The Morgan fingerprint density at radius 3 is 2.35 bits per heavy atom. The lowest BCUT2D eigenvalue weighted by molar-refractivity contribution is -0.0597. The van der Waals surface area contributed by atoms with Gasteiger partial charge in [-0.2, -0.15) is 5.10 Å². The maximum absolute atomic E-state index is 4.64. The lowest BCUT2D eigenvalue weighted by Gasteiger charge is -2.56. The molecule has 0 amide bonds. The summed E-state index contributed by atoms with van der Waals surface area (Å²) < 4.78 is 2.26. The van der Waals surface area contributed by atoms with E-state index in [-0.39, 0.29) is 0 Å². The zero-order valence-electron chi connectivity index (χ0n) is 12.8. The molecule has 0 spiro atoms. The predicted octanol–water partition coefficient (Wildman–Crippen LogP) is 3.02. The van der Waals surface area contributed by atoms with Gasteiger partial charge in [0.2, 0.25) is 0 Å². The molecule has 3 nitrogen and oxygen atoms in total. The minimum atomic E-state index is 0.559. The fraction of sp³-hybridized carbons (Fsp3) is 0.824. The van der Waals surface area contributed by atoms with E-state index in [2.05, 4.69) is 35.3 Å². The van der Waals surface area contributed by atoms with Crippen molar-refractivity contribution in [2.75, 3.05) is 13.6 Å². The molecule has 5 rings (SSSR count). The highest BCUT2D eigenvalue weighted by Gasteiger charge is 2.50. The van der Waals surface area contributed by atoms with E-state index in [0.717, 1.165) is 36.1 Å². The van der Waals surface area contributed by atoms with Crippen molar-refractivity contribution < 1.29 is 0 Å². The van der Waals surface area contributed by atoms with E-state index < -0.39 is 0 Å². The van der Waals surface area contributed by atoms with Crippen LogP contribution in [0.5, 0.6) is 0 Å². The molecule has 0 radical (unpaired) electrons. The lowest BCUT2D eigenvalue weighted by atomic mass is 9.50. The molecule has 1 aromatic heterocycles. The second kappa shape index (κ2) is 4.87. The van der Waals surface area contributed by atoms with Crippen molar-refractivity contribution in [3.8, 4) is 0 Å². The van der Waals surface area contributed by atoms with E-state index in [4.69, 9.17) is 0 Å². The van der Waals surface area contributed by atoms with Gasteiger partial charge in [0, 0.05) is 12.7 Å².